The number of rotatable bonds is 6. The normalized spacial score (nSPS) is 25.7. The van der Waals surface area contributed by atoms with Crippen LogP contribution < -0.4 is 5.32 Å². The van der Waals surface area contributed by atoms with Crippen LogP contribution in [0.3, 0.4) is 0 Å². The van der Waals surface area contributed by atoms with Gasteiger partial charge in [-0.2, -0.15) is 0 Å². The van der Waals surface area contributed by atoms with Gasteiger partial charge in [-0.25, -0.2) is 0 Å². The number of carbonyl (C=O) groups is 1. The molecule has 0 aliphatic heterocycles. The molecule has 0 aromatic heterocycles. The fourth-order valence-electron chi connectivity index (χ4n) is 3.29. The second kappa shape index (κ2) is 7.05. The Hall–Kier alpha value is -1.39. The topological polar surface area (TPSA) is 69.6 Å². The van der Waals surface area contributed by atoms with Crippen LogP contribution in [0.25, 0.3) is 0 Å². The summed E-state index contributed by atoms with van der Waals surface area (Å²) in [5, 5.41) is 22.8. The van der Waals surface area contributed by atoms with E-state index in [2.05, 4.69) is 12.2 Å². The molecule has 1 fully saturated rings. The number of hydrogen-bond acceptors (Lipinski definition) is 3. The van der Waals surface area contributed by atoms with Gasteiger partial charge in [-0.15, -0.1) is 0 Å². The third-order valence-corrected chi connectivity index (χ3v) is 4.30. The number of hydrogen-bond donors (Lipinski definition) is 3. The molecule has 1 saturated carbocycles. The summed E-state index contributed by atoms with van der Waals surface area (Å²) in [5.74, 6) is -0.243. The number of carboxylic acid groups (broad SMARTS) is 1. The van der Waals surface area contributed by atoms with E-state index in [0.29, 0.717) is 19.0 Å². The van der Waals surface area contributed by atoms with Crippen LogP contribution in [0.5, 0.6) is 0 Å². The van der Waals surface area contributed by atoms with Crippen LogP contribution in [0.15, 0.2) is 24.3 Å². The maximum atomic E-state index is 10.9. The summed E-state index contributed by atoms with van der Waals surface area (Å²) >= 11 is 0. The second-order valence-corrected chi connectivity index (χ2v) is 6.37. The van der Waals surface area contributed by atoms with Gasteiger partial charge in [0.1, 0.15) is 0 Å². The van der Waals surface area contributed by atoms with Gasteiger partial charge in [0.15, 0.2) is 0 Å². The first-order valence-corrected chi connectivity index (χ1v) is 7.70. The van der Waals surface area contributed by atoms with Gasteiger partial charge in [0.25, 0.3) is 0 Å². The van der Waals surface area contributed by atoms with Gasteiger partial charge in [0.05, 0.1) is 12.0 Å². The molecule has 0 radical (unpaired) electrons. The van der Waals surface area contributed by atoms with E-state index in [-0.39, 0.29) is 6.42 Å². The molecule has 1 aromatic rings. The van der Waals surface area contributed by atoms with Gasteiger partial charge in [-0.1, -0.05) is 44.0 Å². The molecule has 21 heavy (non-hydrogen) atoms. The molecule has 0 heterocycles. The summed E-state index contributed by atoms with van der Waals surface area (Å²) in [6.45, 7) is 3.35. The monoisotopic (exact) mass is 291 g/mol. The van der Waals surface area contributed by atoms with E-state index in [1.54, 1.807) is 0 Å². The number of aliphatic hydroxyl groups is 1. The Labute approximate surface area is 126 Å². The summed E-state index contributed by atoms with van der Waals surface area (Å²) in [4.78, 5) is 10.9. The summed E-state index contributed by atoms with van der Waals surface area (Å²) in [6, 6.07) is 7.57. The van der Waals surface area contributed by atoms with Crippen LogP contribution in [0.2, 0.25) is 0 Å². The van der Waals surface area contributed by atoms with E-state index in [9.17, 15) is 9.90 Å². The third kappa shape index (κ3) is 4.83. The minimum Gasteiger partial charge on any atom is -0.481 e. The zero-order valence-corrected chi connectivity index (χ0v) is 12.6. The molecule has 1 aromatic carbocycles. The Kier molecular flexibility index (Phi) is 5.37. The molecule has 2 atom stereocenters. The first-order valence-electron chi connectivity index (χ1n) is 7.70. The van der Waals surface area contributed by atoms with Crippen LogP contribution in [-0.4, -0.2) is 28.3 Å². The predicted octanol–water partition coefficient (Wildman–Crippen LogP) is 2.34. The van der Waals surface area contributed by atoms with Crippen molar-refractivity contribution in [2.24, 2.45) is 5.92 Å². The minimum absolute atomic E-state index is 0.0408. The Morgan fingerprint density at radius 3 is 2.76 bits per heavy atom. The quantitative estimate of drug-likeness (QED) is 0.752. The van der Waals surface area contributed by atoms with Crippen molar-refractivity contribution in [1.29, 1.82) is 0 Å². The number of nitrogens with one attached hydrogen (secondary N) is 1. The molecule has 116 valence electrons. The number of aliphatic carboxylic acids is 1. The van der Waals surface area contributed by atoms with Crippen LogP contribution in [0.1, 0.15) is 43.7 Å². The maximum Gasteiger partial charge on any atom is 0.307 e. The Morgan fingerprint density at radius 2 is 2.10 bits per heavy atom. The molecule has 4 heteroatoms. The van der Waals surface area contributed by atoms with Crippen molar-refractivity contribution in [2.75, 3.05) is 6.54 Å². The molecular formula is C17H25NO3. The van der Waals surface area contributed by atoms with Crippen molar-refractivity contribution in [1.82, 2.24) is 5.32 Å². The number of carboxylic acids is 1. The lowest BCUT2D eigenvalue weighted by Crippen LogP contribution is -2.43. The molecule has 4 nitrogen and oxygen atoms in total. The van der Waals surface area contributed by atoms with Gasteiger partial charge in [-0.3, -0.25) is 4.79 Å². The first-order chi connectivity index (χ1) is 9.98. The average molecular weight is 291 g/mol. The first kappa shape index (κ1) is 16.0. The van der Waals surface area contributed by atoms with Crippen molar-refractivity contribution < 1.29 is 15.0 Å². The molecule has 2 rings (SSSR count). The molecular weight excluding hydrogens is 266 g/mol. The Balaban J connectivity index is 1.90. The average Bonchev–Trinajstić information content (AvgIpc) is 2.39. The molecule has 0 saturated heterocycles. The molecule has 0 spiro atoms. The van der Waals surface area contributed by atoms with E-state index in [4.69, 9.17) is 5.11 Å². The fraction of sp³-hybridized carbons (Fsp3) is 0.588. The lowest BCUT2D eigenvalue weighted by molar-refractivity contribution is -0.136. The smallest absolute Gasteiger partial charge is 0.307 e. The predicted molar refractivity (Wildman–Crippen MR) is 82.1 cm³/mol. The fourth-order valence-corrected chi connectivity index (χ4v) is 3.29. The Bertz CT molecular complexity index is 489. The van der Waals surface area contributed by atoms with Gasteiger partial charge in [0.2, 0.25) is 0 Å². The largest absolute Gasteiger partial charge is 0.481 e. The molecule has 2 unspecified atom stereocenters. The van der Waals surface area contributed by atoms with Crippen molar-refractivity contribution in [3.05, 3.63) is 35.4 Å². The van der Waals surface area contributed by atoms with Crippen molar-refractivity contribution in [3.63, 3.8) is 0 Å². The second-order valence-electron chi connectivity index (χ2n) is 6.37. The molecule has 0 amide bonds. The molecule has 3 N–H and O–H groups in total. The Morgan fingerprint density at radius 1 is 1.38 bits per heavy atom. The zero-order chi connectivity index (χ0) is 15.3. The SMILES string of the molecule is CC1CCCC(O)(CNCc2ccccc2CC(=O)O)C1. The molecule has 0 bridgehead atoms. The lowest BCUT2D eigenvalue weighted by Gasteiger charge is -2.35. The highest BCUT2D eigenvalue weighted by Gasteiger charge is 2.32. The zero-order valence-electron chi connectivity index (χ0n) is 12.6. The van der Waals surface area contributed by atoms with Gasteiger partial charge >= 0.3 is 5.97 Å². The van der Waals surface area contributed by atoms with Crippen LogP contribution in [-0.2, 0) is 17.8 Å². The highest BCUT2D eigenvalue weighted by atomic mass is 16.4. The molecule has 1 aliphatic rings. The standard InChI is InChI=1S/C17H25NO3/c1-13-5-4-8-17(21,10-13)12-18-11-15-7-3-2-6-14(15)9-16(19)20/h2-3,6-7,13,18,21H,4-5,8-12H2,1H3,(H,19,20). The highest BCUT2D eigenvalue weighted by molar-refractivity contribution is 5.70. The van der Waals surface area contributed by atoms with Gasteiger partial charge in [0, 0.05) is 13.1 Å². The summed E-state index contributed by atoms with van der Waals surface area (Å²) in [6.07, 6.45) is 4.01. The third-order valence-electron chi connectivity index (χ3n) is 4.30. The van der Waals surface area contributed by atoms with Gasteiger partial charge in [-0.05, 0) is 29.9 Å². The van der Waals surface area contributed by atoms with E-state index < -0.39 is 11.6 Å². The van der Waals surface area contributed by atoms with Crippen LogP contribution >= 0.6 is 0 Å². The summed E-state index contributed by atoms with van der Waals surface area (Å²) < 4.78 is 0. The van der Waals surface area contributed by atoms with E-state index in [1.165, 1.54) is 6.42 Å². The van der Waals surface area contributed by atoms with Crippen molar-refractivity contribution >= 4 is 5.97 Å². The van der Waals surface area contributed by atoms with Crippen LogP contribution in [0.4, 0.5) is 0 Å². The van der Waals surface area contributed by atoms with Crippen molar-refractivity contribution in [3.8, 4) is 0 Å². The molecule has 1 aliphatic carbocycles. The summed E-state index contributed by atoms with van der Waals surface area (Å²) in [5.41, 5.74) is 1.22. The van der Waals surface area contributed by atoms with Gasteiger partial charge < -0.3 is 15.5 Å². The van der Waals surface area contributed by atoms with E-state index in [1.807, 2.05) is 24.3 Å². The van der Waals surface area contributed by atoms with E-state index >= 15 is 0 Å². The lowest BCUT2D eigenvalue weighted by atomic mass is 9.79. The van der Waals surface area contributed by atoms with Crippen LogP contribution in [0, 0.1) is 5.92 Å². The number of benzene rings is 1. The van der Waals surface area contributed by atoms with Crippen molar-refractivity contribution in [2.45, 2.75) is 51.2 Å². The summed E-state index contributed by atoms with van der Waals surface area (Å²) in [7, 11) is 0. The highest BCUT2D eigenvalue weighted by Crippen LogP contribution is 2.31. The maximum absolute atomic E-state index is 10.9. The van der Waals surface area contributed by atoms with E-state index in [0.717, 1.165) is 30.4 Å². The minimum atomic E-state index is -0.817.